The zero-order valence-corrected chi connectivity index (χ0v) is 25.1. The van der Waals surface area contributed by atoms with E-state index in [9.17, 15) is 13.6 Å². The van der Waals surface area contributed by atoms with Crippen LogP contribution in [0.5, 0.6) is 0 Å². The Morgan fingerprint density at radius 1 is 1.08 bits per heavy atom. The van der Waals surface area contributed by atoms with Crippen molar-refractivity contribution in [2.24, 2.45) is 11.8 Å². The SMILES string of the molecule is C/C=C(\C)CN1CC2C(CCC(c3ccc(Cl)cc3Cl)C2c2ccc(Cl)cc2)C1=O.C=C(F)C(C)F.CC. The Balaban J connectivity index is 0.000000560. The maximum atomic E-state index is 13.2. The summed E-state index contributed by atoms with van der Waals surface area (Å²) in [5, 5.41) is 2.07. The number of hydrogen-bond donors (Lipinski definition) is 0. The van der Waals surface area contributed by atoms with E-state index in [0.717, 1.165) is 36.9 Å². The number of benzene rings is 2. The fourth-order valence-corrected chi connectivity index (χ4v) is 5.95. The number of amides is 1. The second-order valence-electron chi connectivity index (χ2n) is 9.61. The number of likely N-dealkylation sites (tertiary alicyclic amines) is 1. The summed E-state index contributed by atoms with van der Waals surface area (Å²) in [5.41, 5.74) is 3.57. The molecule has 0 aromatic heterocycles. The Kier molecular flexibility index (Phi) is 12.8. The van der Waals surface area contributed by atoms with Crippen molar-refractivity contribution in [1.29, 1.82) is 0 Å². The van der Waals surface area contributed by atoms with Crippen LogP contribution in [0.4, 0.5) is 8.78 Å². The van der Waals surface area contributed by atoms with Gasteiger partial charge in [-0.1, -0.05) is 85.1 Å². The monoisotopic (exact) mass is 583 g/mol. The van der Waals surface area contributed by atoms with Gasteiger partial charge in [0.15, 0.2) is 0 Å². The standard InChI is InChI=1S/C25H26Cl3NO.C4H6F2.C2H6/c1-3-15(2)13-29-14-22-21(25(29)30)11-10-20(19-9-8-18(27)12-23(19)28)24(22)16-4-6-17(26)7-5-16;1-3(5)4(2)6;1-2/h3-9,12,20-22,24H,10-11,13-14H2,1-2H3;4H,1H2,2H3;1-2H3/b15-3+;;. The van der Waals surface area contributed by atoms with Crippen molar-refractivity contribution in [2.45, 2.75) is 65.5 Å². The number of halogens is 5. The fraction of sp³-hybridized carbons (Fsp3) is 0.452. The van der Waals surface area contributed by atoms with Crippen LogP contribution in [0, 0.1) is 11.8 Å². The molecule has 0 bridgehead atoms. The number of rotatable bonds is 5. The Hall–Kier alpha value is -1.88. The van der Waals surface area contributed by atoms with Crippen molar-refractivity contribution in [1.82, 2.24) is 4.90 Å². The van der Waals surface area contributed by atoms with Crippen molar-refractivity contribution in [2.75, 3.05) is 13.1 Å². The van der Waals surface area contributed by atoms with E-state index in [4.69, 9.17) is 34.8 Å². The summed E-state index contributed by atoms with van der Waals surface area (Å²) >= 11 is 19.0. The number of allylic oxidation sites excluding steroid dienone is 2. The number of nitrogens with zero attached hydrogens (tertiary/aromatic N) is 1. The van der Waals surface area contributed by atoms with Gasteiger partial charge in [0.25, 0.3) is 0 Å². The van der Waals surface area contributed by atoms with Crippen LogP contribution in [0.3, 0.4) is 0 Å². The lowest BCUT2D eigenvalue weighted by Gasteiger charge is -2.40. The lowest BCUT2D eigenvalue weighted by Crippen LogP contribution is -2.32. The highest BCUT2D eigenvalue weighted by molar-refractivity contribution is 6.35. The van der Waals surface area contributed by atoms with Gasteiger partial charge in [0.05, 0.1) is 0 Å². The zero-order chi connectivity index (χ0) is 28.6. The third-order valence-corrected chi connectivity index (χ3v) is 8.06. The van der Waals surface area contributed by atoms with Crippen molar-refractivity contribution in [3.05, 3.63) is 92.7 Å². The van der Waals surface area contributed by atoms with Crippen molar-refractivity contribution in [3.63, 3.8) is 0 Å². The second kappa shape index (κ2) is 15.1. The van der Waals surface area contributed by atoms with Crippen LogP contribution in [0.1, 0.15) is 70.4 Å². The Morgan fingerprint density at radius 3 is 2.16 bits per heavy atom. The van der Waals surface area contributed by atoms with Gasteiger partial charge in [-0.25, -0.2) is 8.78 Å². The Bertz CT molecular complexity index is 1120. The summed E-state index contributed by atoms with van der Waals surface area (Å²) < 4.78 is 22.6. The van der Waals surface area contributed by atoms with E-state index in [2.05, 4.69) is 37.8 Å². The predicted molar refractivity (Wildman–Crippen MR) is 158 cm³/mol. The van der Waals surface area contributed by atoms with Gasteiger partial charge >= 0.3 is 0 Å². The van der Waals surface area contributed by atoms with Gasteiger partial charge in [-0.05, 0) is 86.8 Å². The first-order valence-corrected chi connectivity index (χ1v) is 14.3. The lowest BCUT2D eigenvalue weighted by atomic mass is 9.63. The third-order valence-electron chi connectivity index (χ3n) is 7.24. The van der Waals surface area contributed by atoms with Gasteiger partial charge in [-0.2, -0.15) is 0 Å². The summed E-state index contributed by atoms with van der Waals surface area (Å²) in [5.74, 6) is 0.162. The highest BCUT2D eigenvalue weighted by Crippen LogP contribution is 2.54. The molecule has 4 rings (SSSR count). The molecule has 5 atom stereocenters. The molecule has 2 aromatic carbocycles. The molecule has 5 unspecified atom stereocenters. The van der Waals surface area contributed by atoms with E-state index < -0.39 is 12.0 Å². The Labute approximate surface area is 241 Å². The smallest absolute Gasteiger partial charge is 0.226 e. The molecule has 1 saturated heterocycles. The van der Waals surface area contributed by atoms with E-state index >= 15 is 0 Å². The first-order valence-electron chi connectivity index (χ1n) is 13.1. The van der Waals surface area contributed by atoms with Crippen LogP contribution in [-0.4, -0.2) is 30.1 Å². The maximum absolute atomic E-state index is 13.2. The average molecular weight is 585 g/mol. The number of carbonyl (C=O) groups is 1. The quantitative estimate of drug-likeness (QED) is 0.320. The summed E-state index contributed by atoms with van der Waals surface area (Å²) in [4.78, 5) is 15.3. The van der Waals surface area contributed by atoms with Gasteiger partial charge in [0.2, 0.25) is 5.91 Å². The molecule has 38 heavy (non-hydrogen) atoms. The molecular formula is C31H38Cl3F2NO. The van der Waals surface area contributed by atoms with Gasteiger partial charge in [-0.3, -0.25) is 4.79 Å². The fourth-order valence-electron chi connectivity index (χ4n) is 5.28. The molecule has 1 amide bonds. The van der Waals surface area contributed by atoms with Crippen LogP contribution >= 0.6 is 34.8 Å². The van der Waals surface area contributed by atoms with Crippen molar-refractivity contribution < 1.29 is 13.6 Å². The van der Waals surface area contributed by atoms with E-state index in [-0.39, 0.29) is 23.7 Å². The minimum absolute atomic E-state index is 0.0673. The molecule has 1 heterocycles. The number of alkyl halides is 1. The topological polar surface area (TPSA) is 20.3 Å². The molecule has 0 spiro atoms. The van der Waals surface area contributed by atoms with Crippen LogP contribution < -0.4 is 0 Å². The predicted octanol–water partition coefficient (Wildman–Crippen LogP) is 10.2. The molecule has 0 radical (unpaired) electrons. The summed E-state index contributed by atoms with van der Waals surface area (Å²) in [7, 11) is 0. The number of hydrogen-bond acceptors (Lipinski definition) is 1. The molecule has 2 nitrogen and oxygen atoms in total. The van der Waals surface area contributed by atoms with Gasteiger partial charge < -0.3 is 4.90 Å². The second-order valence-corrected chi connectivity index (χ2v) is 10.9. The molecule has 2 aromatic rings. The van der Waals surface area contributed by atoms with Crippen molar-refractivity contribution in [3.8, 4) is 0 Å². The summed E-state index contributed by atoms with van der Waals surface area (Å²) in [6, 6.07) is 13.9. The maximum Gasteiger partial charge on any atom is 0.226 e. The van der Waals surface area contributed by atoms with E-state index in [1.165, 1.54) is 11.1 Å². The average Bonchev–Trinajstić information content (AvgIpc) is 3.20. The van der Waals surface area contributed by atoms with E-state index in [0.29, 0.717) is 22.5 Å². The van der Waals surface area contributed by atoms with E-state index in [1.54, 1.807) is 0 Å². The van der Waals surface area contributed by atoms with Gasteiger partial charge in [0, 0.05) is 34.1 Å². The molecule has 7 heteroatoms. The zero-order valence-electron chi connectivity index (χ0n) is 22.8. The molecule has 2 fully saturated rings. The highest BCUT2D eigenvalue weighted by atomic mass is 35.5. The van der Waals surface area contributed by atoms with Crippen LogP contribution in [-0.2, 0) is 4.79 Å². The van der Waals surface area contributed by atoms with E-state index in [1.807, 2.05) is 49.9 Å². The van der Waals surface area contributed by atoms with Crippen LogP contribution in [0.25, 0.3) is 0 Å². The first kappa shape index (κ1) is 32.3. The number of carbonyl (C=O) groups excluding carboxylic acids is 1. The summed E-state index contributed by atoms with van der Waals surface area (Å²) in [6.45, 7) is 13.4. The Morgan fingerprint density at radius 2 is 1.63 bits per heavy atom. The molecular weight excluding hydrogens is 547 g/mol. The minimum Gasteiger partial charge on any atom is -0.338 e. The van der Waals surface area contributed by atoms with Crippen molar-refractivity contribution >= 4 is 40.7 Å². The molecule has 0 N–H and O–H groups in total. The molecule has 1 aliphatic heterocycles. The highest BCUT2D eigenvalue weighted by Gasteiger charge is 2.50. The normalized spacial score (nSPS) is 23.5. The lowest BCUT2D eigenvalue weighted by molar-refractivity contribution is -0.131. The van der Waals surface area contributed by atoms with Crippen LogP contribution in [0.15, 0.2) is 66.5 Å². The molecule has 208 valence electrons. The van der Waals surface area contributed by atoms with Gasteiger partial charge in [-0.15, -0.1) is 0 Å². The molecule has 1 saturated carbocycles. The third kappa shape index (κ3) is 8.07. The number of fused-ring (bicyclic) bond motifs is 1. The van der Waals surface area contributed by atoms with Gasteiger partial charge in [0.1, 0.15) is 12.0 Å². The molecule has 2 aliphatic rings. The summed E-state index contributed by atoms with van der Waals surface area (Å²) in [6.07, 6.45) is 2.40. The largest absolute Gasteiger partial charge is 0.338 e. The first-order chi connectivity index (χ1) is 18.0. The molecule has 1 aliphatic carbocycles. The minimum atomic E-state index is -1.51. The van der Waals surface area contributed by atoms with Crippen LogP contribution in [0.2, 0.25) is 15.1 Å².